The van der Waals surface area contributed by atoms with Crippen molar-refractivity contribution in [3.8, 4) is 23.7 Å². The van der Waals surface area contributed by atoms with Gasteiger partial charge in [0, 0.05) is 19.3 Å². The molecule has 0 atom stereocenters. The molecule has 0 aromatic heterocycles. The van der Waals surface area contributed by atoms with Gasteiger partial charge in [-0.15, -0.1) is 0 Å². The monoisotopic (exact) mass is 387 g/mol. The van der Waals surface area contributed by atoms with Crippen LogP contribution < -0.4 is 5.73 Å². The molecule has 0 saturated heterocycles. The van der Waals surface area contributed by atoms with Gasteiger partial charge >= 0.3 is 0 Å². The second-order valence-electron chi connectivity index (χ2n) is 7.98. The summed E-state index contributed by atoms with van der Waals surface area (Å²) in [5.41, 5.74) is 5.12. The molecule has 0 spiro atoms. The van der Waals surface area contributed by atoms with Crippen molar-refractivity contribution in [3.63, 3.8) is 0 Å². The Morgan fingerprint density at radius 2 is 0.929 bits per heavy atom. The van der Waals surface area contributed by atoms with Gasteiger partial charge in [-0.3, -0.25) is 4.79 Å². The first-order chi connectivity index (χ1) is 13.8. The van der Waals surface area contributed by atoms with Gasteiger partial charge in [-0.05, 0) is 31.1 Å². The molecule has 0 radical (unpaired) electrons. The first-order valence-electron chi connectivity index (χ1n) is 12.0. The van der Waals surface area contributed by atoms with Gasteiger partial charge < -0.3 is 5.73 Å². The molecule has 1 amide bonds. The van der Waals surface area contributed by atoms with Crippen molar-refractivity contribution < 1.29 is 4.79 Å². The van der Waals surface area contributed by atoms with Crippen molar-refractivity contribution in [2.45, 2.75) is 135 Å². The van der Waals surface area contributed by atoms with Gasteiger partial charge in [-0.25, -0.2) is 0 Å². The maximum absolute atomic E-state index is 10.6. The normalized spacial score (nSPS) is 10.0. The van der Waals surface area contributed by atoms with E-state index in [1.54, 1.807) is 0 Å². The number of primary amides is 1. The lowest BCUT2D eigenvalue weighted by Crippen LogP contribution is -2.09. The molecule has 28 heavy (non-hydrogen) atoms. The highest BCUT2D eigenvalue weighted by Crippen LogP contribution is 2.11. The molecule has 0 aliphatic heterocycles. The molecule has 0 aromatic rings. The topological polar surface area (TPSA) is 43.1 Å². The van der Waals surface area contributed by atoms with E-state index in [0.717, 1.165) is 25.7 Å². The van der Waals surface area contributed by atoms with E-state index >= 15 is 0 Å². The van der Waals surface area contributed by atoms with Crippen LogP contribution in [-0.4, -0.2) is 5.91 Å². The van der Waals surface area contributed by atoms with E-state index in [1.807, 2.05) is 0 Å². The highest BCUT2D eigenvalue weighted by Gasteiger charge is 1.95. The van der Waals surface area contributed by atoms with Gasteiger partial charge in [-0.2, -0.15) is 0 Å². The Morgan fingerprint density at radius 3 is 1.32 bits per heavy atom. The van der Waals surface area contributed by atoms with Crippen molar-refractivity contribution in [3.05, 3.63) is 0 Å². The zero-order valence-corrected chi connectivity index (χ0v) is 18.6. The summed E-state index contributed by atoms with van der Waals surface area (Å²) in [6, 6.07) is 0. The van der Waals surface area contributed by atoms with E-state index in [9.17, 15) is 4.79 Å². The van der Waals surface area contributed by atoms with Crippen LogP contribution in [0.25, 0.3) is 0 Å². The molecule has 0 heterocycles. The predicted octanol–water partition coefficient (Wildman–Crippen LogP) is 7.30. The fraction of sp³-hybridized carbons (Fsp3) is 0.808. The summed E-state index contributed by atoms with van der Waals surface area (Å²) < 4.78 is 0. The first kappa shape index (κ1) is 26.6. The third kappa shape index (κ3) is 24.6. The molecule has 0 unspecified atom stereocenters. The standard InChI is InChI=1S/C26H45NO/c1-2-3-4-5-6-7-8-9-10-11-12-13-14-15-16-17-18-19-20-21-22-23-24-25-26(27)28/h2-12,17-25H2,1H3,(H2,27,28). The molecule has 0 aliphatic rings. The van der Waals surface area contributed by atoms with E-state index in [-0.39, 0.29) is 5.91 Å². The SMILES string of the molecule is CCCCCCCCCCCCC#CC#CCCCCCCCCCC(N)=O. The molecule has 0 fully saturated rings. The number of hydrogen-bond donors (Lipinski definition) is 1. The Bertz CT molecular complexity index is 460. The summed E-state index contributed by atoms with van der Waals surface area (Å²) in [5, 5.41) is 0. The second-order valence-corrected chi connectivity index (χ2v) is 7.98. The van der Waals surface area contributed by atoms with Gasteiger partial charge in [-0.1, -0.05) is 109 Å². The molecule has 2 heteroatoms. The Hall–Kier alpha value is -1.41. The highest BCUT2D eigenvalue weighted by atomic mass is 16.1. The molecule has 160 valence electrons. The summed E-state index contributed by atoms with van der Waals surface area (Å²) in [6.45, 7) is 2.27. The highest BCUT2D eigenvalue weighted by molar-refractivity contribution is 5.73. The minimum atomic E-state index is -0.176. The Balaban J connectivity index is 3.24. The Kier molecular flexibility index (Phi) is 22.4. The summed E-state index contributed by atoms with van der Waals surface area (Å²) in [4.78, 5) is 10.6. The summed E-state index contributed by atoms with van der Waals surface area (Å²) >= 11 is 0. The average molecular weight is 388 g/mol. The van der Waals surface area contributed by atoms with Crippen molar-refractivity contribution in [1.82, 2.24) is 0 Å². The molecule has 2 nitrogen and oxygen atoms in total. The zero-order chi connectivity index (χ0) is 20.5. The van der Waals surface area contributed by atoms with Crippen molar-refractivity contribution >= 4 is 5.91 Å². The van der Waals surface area contributed by atoms with Crippen LogP contribution >= 0.6 is 0 Å². The van der Waals surface area contributed by atoms with E-state index in [4.69, 9.17) is 5.73 Å². The minimum absolute atomic E-state index is 0.176. The molecule has 2 N–H and O–H groups in total. The molecule has 0 bridgehead atoms. The predicted molar refractivity (Wildman–Crippen MR) is 123 cm³/mol. The lowest BCUT2D eigenvalue weighted by Gasteiger charge is -2.00. The average Bonchev–Trinajstić information content (AvgIpc) is 2.68. The lowest BCUT2D eigenvalue weighted by atomic mass is 10.1. The fourth-order valence-electron chi connectivity index (χ4n) is 3.31. The smallest absolute Gasteiger partial charge is 0.217 e. The van der Waals surface area contributed by atoms with Gasteiger partial charge in [0.2, 0.25) is 5.91 Å². The van der Waals surface area contributed by atoms with Crippen LogP contribution in [0, 0.1) is 23.7 Å². The van der Waals surface area contributed by atoms with E-state index in [0.29, 0.717) is 6.42 Å². The first-order valence-corrected chi connectivity index (χ1v) is 12.0. The maximum atomic E-state index is 10.6. The molecule has 0 rings (SSSR count). The number of nitrogens with two attached hydrogens (primary N) is 1. The largest absolute Gasteiger partial charge is 0.370 e. The maximum Gasteiger partial charge on any atom is 0.217 e. The number of carbonyl (C=O) groups is 1. The van der Waals surface area contributed by atoms with Gasteiger partial charge in [0.15, 0.2) is 0 Å². The van der Waals surface area contributed by atoms with Gasteiger partial charge in [0.25, 0.3) is 0 Å². The Labute approximate surface area is 175 Å². The quantitative estimate of drug-likeness (QED) is 0.183. The summed E-state index contributed by atoms with van der Waals surface area (Å²) in [7, 11) is 0. The molecule has 0 aliphatic carbocycles. The van der Waals surface area contributed by atoms with Crippen LogP contribution in [0.2, 0.25) is 0 Å². The molecular weight excluding hydrogens is 342 g/mol. The number of amides is 1. The summed E-state index contributed by atoms with van der Waals surface area (Å²) in [6.07, 6.45) is 24.5. The number of unbranched alkanes of at least 4 members (excludes halogenated alkanes) is 17. The zero-order valence-electron chi connectivity index (χ0n) is 18.6. The van der Waals surface area contributed by atoms with Crippen molar-refractivity contribution in [2.75, 3.05) is 0 Å². The number of hydrogen-bond acceptors (Lipinski definition) is 1. The minimum Gasteiger partial charge on any atom is -0.370 e. The summed E-state index contributed by atoms with van der Waals surface area (Å²) in [5.74, 6) is 12.2. The van der Waals surface area contributed by atoms with Crippen LogP contribution in [0.15, 0.2) is 0 Å². The van der Waals surface area contributed by atoms with Crippen LogP contribution in [0.5, 0.6) is 0 Å². The third-order valence-electron chi connectivity index (χ3n) is 5.12. The Morgan fingerprint density at radius 1 is 0.571 bits per heavy atom. The van der Waals surface area contributed by atoms with E-state index in [2.05, 4.69) is 30.6 Å². The van der Waals surface area contributed by atoms with Crippen LogP contribution in [-0.2, 0) is 4.79 Å². The van der Waals surface area contributed by atoms with E-state index < -0.39 is 0 Å². The lowest BCUT2D eigenvalue weighted by molar-refractivity contribution is -0.118. The van der Waals surface area contributed by atoms with Gasteiger partial charge in [0.1, 0.15) is 0 Å². The van der Waals surface area contributed by atoms with Crippen LogP contribution in [0.3, 0.4) is 0 Å². The third-order valence-corrected chi connectivity index (χ3v) is 5.12. The molecule has 0 saturated carbocycles. The molecular formula is C26H45NO. The fourth-order valence-corrected chi connectivity index (χ4v) is 3.31. The molecule has 0 aromatic carbocycles. The number of rotatable bonds is 19. The van der Waals surface area contributed by atoms with Crippen LogP contribution in [0.4, 0.5) is 0 Å². The van der Waals surface area contributed by atoms with Crippen molar-refractivity contribution in [1.29, 1.82) is 0 Å². The van der Waals surface area contributed by atoms with Crippen LogP contribution in [0.1, 0.15) is 135 Å². The van der Waals surface area contributed by atoms with Gasteiger partial charge in [0.05, 0.1) is 0 Å². The van der Waals surface area contributed by atoms with E-state index in [1.165, 1.54) is 96.3 Å². The number of carbonyl (C=O) groups excluding carboxylic acids is 1. The van der Waals surface area contributed by atoms with Crippen molar-refractivity contribution in [2.24, 2.45) is 5.73 Å². The second kappa shape index (κ2) is 23.6.